The summed E-state index contributed by atoms with van der Waals surface area (Å²) in [5, 5.41) is 3.90. The minimum Gasteiger partial charge on any atom is -0.322 e. The van der Waals surface area contributed by atoms with Crippen molar-refractivity contribution in [3.8, 4) is 0 Å². The lowest BCUT2D eigenvalue weighted by atomic mass is 10.1. The maximum absolute atomic E-state index is 5.59. The van der Waals surface area contributed by atoms with Gasteiger partial charge in [0.1, 0.15) is 0 Å². The lowest BCUT2D eigenvalue weighted by Crippen LogP contribution is -2.63. The fourth-order valence-electron chi connectivity index (χ4n) is 3.65. The molecule has 5 rings (SSSR count). The van der Waals surface area contributed by atoms with Crippen LogP contribution in [0.15, 0.2) is 118 Å². The summed E-state index contributed by atoms with van der Waals surface area (Å²) in [7, 11) is 0. The number of para-hydroxylation sites is 2. The summed E-state index contributed by atoms with van der Waals surface area (Å²) >= 11 is 1.81. The Kier molecular flexibility index (Phi) is 5.25. The molecule has 150 valence electrons. The van der Waals surface area contributed by atoms with E-state index in [4.69, 9.17) is 5.84 Å². The Labute approximate surface area is 185 Å². The van der Waals surface area contributed by atoms with Gasteiger partial charge in [0.25, 0.3) is 0 Å². The molecule has 1 heterocycles. The predicted octanol–water partition coefficient (Wildman–Crippen LogP) is 4.77. The first-order valence-electron chi connectivity index (χ1n) is 10.0. The summed E-state index contributed by atoms with van der Waals surface area (Å²) in [5.74, 6) is 5.59. The number of rotatable bonds is 4. The van der Waals surface area contributed by atoms with Crippen molar-refractivity contribution in [2.24, 2.45) is 10.9 Å². The molecule has 0 spiro atoms. The highest BCUT2D eigenvalue weighted by Gasteiger charge is 2.24. The van der Waals surface area contributed by atoms with Gasteiger partial charge in [-0.1, -0.05) is 66.4 Å². The Morgan fingerprint density at radius 2 is 1.32 bits per heavy atom. The third kappa shape index (κ3) is 3.83. The van der Waals surface area contributed by atoms with Gasteiger partial charge >= 0.3 is 0 Å². The van der Waals surface area contributed by atoms with E-state index in [1.165, 1.54) is 21.2 Å². The van der Waals surface area contributed by atoms with E-state index in [0.717, 1.165) is 16.9 Å². The molecule has 4 nitrogen and oxygen atoms in total. The molecule has 4 aromatic carbocycles. The first-order chi connectivity index (χ1) is 15.3. The molecule has 0 aromatic heterocycles. The minimum absolute atomic E-state index is 0.695. The second kappa shape index (κ2) is 8.50. The molecule has 0 saturated heterocycles. The van der Waals surface area contributed by atoms with Crippen LogP contribution in [0.5, 0.6) is 0 Å². The summed E-state index contributed by atoms with van der Waals surface area (Å²) in [6.07, 6.45) is 1.83. The Balaban J connectivity index is 1.46. The van der Waals surface area contributed by atoms with Crippen LogP contribution in [0.4, 0.5) is 22.7 Å². The highest BCUT2D eigenvalue weighted by Crippen LogP contribution is 2.50. The largest absolute Gasteiger partial charge is 0.322 e. The molecule has 0 fully saturated rings. The first-order valence-corrected chi connectivity index (χ1v) is 10.8. The molecule has 31 heavy (non-hydrogen) atoms. The van der Waals surface area contributed by atoms with Crippen LogP contribution in [-0.2, 0) is 0 Å². The molecule has 0 aliphatic carbocycles. The maximum Gasteiger partial charge on any atom is 0.203 e. The predicted molar refractivity (Wildman–Crippen MR) is 129 cm³/mol. The molecule has 0 amide bonds. The van der Waals surface area contributed by atoms with Crippen LogP contribution in [0.25, 0.3) is 0 Å². The van der Waals surface area contributed by atoms with Gasteiger partial charge in [-0.3, -0.25) is 0 Å². The van der Waals surface area contributed by atoms with Gasteiger partial charge < -0.3 is 10.7 Å². The Bertz CT molecular complexity index is 1220. The summed E-state index contributed by atoms with van der Waals surface area (Å²) in [6.45, 7) is 0. The SMILES string of the molecule is NN=C(C=[NH+]c1ccc(N2c3ccccc3Sc3ccccc32)cc1)c1ccccc1. The van der Waals surface area contributed by atoms with E-state index in [2.05, 4.69) is 87.8 Å². The zero-order chi connectivity index (χ0) is 21.0. The van der Waals surface area contributed by atoms with Gasteiger partial charge in [0.2, 0.25) is 5.69 Å². The van der Waals surface area contributed by atoms with Crippen LogP contribution >= 0.6 is 11.8 Å². The second-order valence-electron chi connectivity index (χ2n) is 7.09. The monoisotopic (exact) mass is 421 g/mol. The smallest absolute Gasteiger partial charge is 0.203 e. The van der Waals surface area contributed by atoms with Gasteiger partial charge in [0.15, 0.2) is 11.9 Å². The van der Waals surface area contributed by atoms with E-state index in [9.17, 15) is 0 Å². The van der Waals surface area contributed by atoms with Crippen molar-refractivity contribution in [1.29, 1.82) is 0 Å². The average Bonchev–Trinajstić information content (AvgIpc) is 2.84. The lowest BCUT2D eigenvalue weighted by Gasteiger charge is -2.32. The van der Waals surface area contributed by atoms with Gasteiger partial charge in [-0.25, -0.2) is 4.99 Å². The summed E-state index contributed by atoms with van der Waals surface area (Å²) in [5.41, 5.74) is 6.13. The first kappa shape index (κ1) is 19.2. The summed E-state index contributed by atoms with van der Waals surface area (Å²) < 4.78 is 0. The fraction of sp³-hybridized carbons (Fsp3) is 0. The zero-order valence-corrected chi connectivity index (χ0v) is 17.6. The zero-order valence-electron chi connectivity index (χ0n) is 16.8. The van der Waals surface area contributed by atoms with Gasteiger partial charge in [0, 0.05) is 33.2 Å². The summed E-state index contributed by atoms with van der Waals surface area (Å²) in [6, 6.07) is 35.3. The van der Waals surface area contributed by atoms with E-state index in [1.54, 1.807) is 0 Å². The van der Waals surface area contributed by atoms with E-state index in [1.807, 2.05) is 48.3 Å². The van der Waals surface area contributed by atoms with Crippen molar-refractivity contribution in [2.75, 3.05) is 4.90 Å². The molecular weight excluding hydrogens is 400 g/mol. The number of nitrogens with zero attached hydrogens (tertiary/aromatic N) is 2. The molecule has 0 radical (unpaired) electrons. The van der Waals surface area contributed by atoms with Crippen LogP contribution in [0.2, 0.25) is 0 Å². The average molecular weight is 422 g/mol. The van der Waals surface area contributed by atoms with Gasteiger partial charge in [-0.15, -0.1) is 0 Å². The third-order valence-electron chi connectivity index (χ3n) is 5.14. The van der Waals surface area contributed by atoms with Crippen molar-refractivity contribution in [2.45, 2.75) is 9.79 Å². The number of hydrogen-bond donors (Lipinski definition) is 2. The van der Waals surface area contributed by atoms with E-state index in [-0.39, 0.29) is 0 Å². The Hall–Kier alpha value is -3.83. The fourth-order valence-corrected chi connectivity index (χ4v) is 4.70. The van der Waals surface area contributed by atoms with Crippen molar-refractivity contribution in [1.82, 2.24) is 0 Å². The van der Waals surface area contributed by atoms with E-state index < -0.39 is 0 Å². The van der Waals surface area contributed by atoms with Crippen LogP contribution in [0.3, 0.4) is 0 Å². The number of fused-ring (bicyclic) bond motifs is 2. The molecule has 5 heteroatoms. The van der Waals surface area contributed by atoms with Crippen molar-refractivity contribution in [3.63, 3.8) is 0 Å². The standard InChI is InChI=1S/C26H20N4S/c27-29-22(19-8-2-1-3-9-19)18-28-20-14-16-21(17-15-20)30-23-10-4-6-12-25(23)31-26-13-7-5-11-24(26)30/h1-18H,27H2/p+1. The summed E-state index contributed by atoms with van der Waals surface area (Å²) in [4.78, 5) is 8.12. The molecule has 0 bridgehead atoms. The Morgan fingerprint density at radius 3 is 1.94 bits per heavy atom. The van der Waals surface area contributed by atoms with Crippen molar-refractivity contribution in [3.05, 3.63) is 109 Å². The molecule has 1 aliphatic rings. The number of hydrogen-bond acceptors (Lipinski definition) is 4. The Morgan fingerprint density at radius 1 is 0.742 bits per heavy atom. The number of anilines is 3. The maximum atomic E-state index is 5.59. The van der Waals surface area contributed by atoms with Gasteiger partial charge in [0.05, 0.1) is 11.4 Å². The van der Waals surface area contributed by atoms with Crippen molar-refractivity contribution >= 4 is 46.4 Å². The van der Waals surface area contributed by atoms with E-state index in [0.29, 0.717) is 5.71 Å². The third-order valence-corrected chi connectivity index (χ3v) is 6.27. The number of hydrazone groups is 1. The lowest BCUT2D eigenvalue weighted by molar-refractivity contribution is -0.345. The molecule has 0 atom stereocenters. The number of nitrogens with two attached hydrogens (primary N) is 1. The molecule has 3 N–H and O–H groups in total. The normalized spacial score (nSPS) is 13.2. The van der Waals surface area contributed by atoms with Crippen LogP contribution in [0.1, 0.15) is 5.56 Å². The molecule has 4 aromatic rings. The highest BCUT2D eigenvalue weighted by molar-refractivity contribution is 7.99. The van der Waals surface area contributed by atoms with Crippen LogP contribution in [0, 0.1) is 0 Å². The van der Waals surface area contributed by atoms with Crippen LogP contribution in [-0.4, -0.2) is 11.9 Å². The second-order valence-corrected chi connectivity index (χ2v) is 8.17. The van der Waals surface area contributed by atoms with Gasteiger partial charge in [-0.2, -0.15) is 5.10 Å². The number of nitrogens with one attached hydrogen (secondary N) is 1. The highest BCUT2D eigenvalue weighted by atomic mass is 32.2. The molecular formula is C26H21N4S+. The van der Waals surface area contributed by atoms with E-state index >= 15 is 0 Å². The number of benzene rings is 4. The minimum atomic E-state index is 0.695. The quantitative estimate of drug-likeness (QED) is 0.250. The van der Waals surface area contributed by atoms with Gasteiger partial charge in [-0.05, 0) is 36.4 Å². The molecule has 0 saturated carbocycles. The molecule has 1 aliphatic heterocycles. The van der Waals surface area contributed by atoms with Crippen molar-refractivity contribution < 1.29 is 4.99 Å². The topological polar surface area (TPSA) is 55.6 Å². The molecule has 0 unspecified atom stereocenters. The van der Waals surface area contributed by atoms with Crippen LogP contribution < -0.4 is 15.7 Å².